The summed E-state index contributed by atoms with van der Waals surface area (Å²) in [4.78, 5) is 0. The van der Waals surface area contributed by atoms with Crippen molar-refractivity contribution in [3.63, 3.8) is 0 Å². The topological polar surface area (TPSA) is 56.4 Å². The van der Waals surface area contributed by atoms with Gasteiger partial charge in [0, 0.05) is 11.8 Å². The van der Waals surface area contributed by atoms with Crippen LogP contribution in [0.25, 0.3) is 0 Å². The van der Waals surface area contributed by atoms with E-state index in [1.807, 2.05) is 0 Å². The molecule has 0 radical (unpaired) electrons. The Kier molecular flexibility index (Phi) is 1.85. The summed E-state index contributed by atoms with van der Waals surface area (Å²) in [7, 11) is 0. The van der Waals surface area contributed by atoms with Crippen molar-refractivity contribution in [3.8, 4) is 6.07 Å². The molecule has 0 aromatic carbocycles. The van der Waals surface area contributed by atoms with Crippen LogP contribution in [0.1, 0.15) is 39.5 Å². The fourth-order valence-electron chi connectivity index (χ4n) is 3.43. The predicted molar refractivity (Wildman–Crippen MR) is 53.0 cm³/mol. The van der Waals surface area contributed by atoms with Crippen molar-refractivity contribution in [1.29, 1.82) is 5.26 Å². The number of nitrogens with zero attached hydrogens (tertiary/aromatic N) is 2. The second kappa shape index (κ2) is 2.73. The smallest absolute Gasteiger partial charge is 0.0638 e. The molecule has 3 atom stereocenters. The van der Waals surface area contributed by atoms with Crippen molar-refractivity contribution < 1.29 is 5.21 Å². The quantitative estimate of drug-likeness (QED) is 0.512. The largest absolute Gasteiger partial charge is 0.411 e. The molecule has 2 aliphatic rings. The van der Waals surface area contributed by atoms with Gasteiger partial charge < -0.3 is 5.21 Å². The van der Waals surface area contributed by atoms with Gasteiger partial charge in [0.25, 0.3) is 0 Å². The fourth-order valence-corrected chi connectivity index (χ4v) is 3.43. The Morgan fingerprint density at radius 3 is 2.86 bits per heavy atom. The number of rotatable bonds is 1. The second-order valence-corrected chi connectivity index (χ2v) is 5.07. The van der Waals surface area contributed by atoms with Gasteiger partial charge in [-0.05, 0) is 30.6 Å². The first-order valence-corrected chi connectivity index (χ1v) is 5.17. The molecule has 1 N–H and O–H groups in total. The highest BCUT2D eigenvalue weighted by Crippen LogP contribution is 2.65. The van der Waals surface area contributed by atoms with Gasteiger partial charge in [0.1, 0.15) is 0 Å². The molecular formula is C11H16N2O. The lowest BCUT2D eigenvalue weighted by Crippen LogP contribution is -2.34. The van der Waals surface area contributed by atoms with Gasteiger partial charge >= 0.3 is 0 Å². The number of fused-ring (bicyclic) bond motifs is 2. The number of oxime groups is 1. The summed E-state index contributed by atoms with van der Waals surface area (Å²) in [5.41, 5.74) is 0.900. The maximum atomic E-state index is 8.96. The average molecular weight is 192 g/mol. The van der Waals surface area contributed by atoms with Gasteiger partial charge in [-0.2, -0.15) is 5.26 Å². The third-order valence-corrected chi connectivity index (χ3v) is 4.80. The molecule has 2 bridgehead atoms. The molecule has 14 heavy (non-hydrogen) atoms. The van der Waals surface area contributed by atoms with E-state index in [-0.39, 0.29) is 10.8 Å². The molecule has 0 aromatic heterocycles. The van der Waals surface area contributed by atoms with E-state index >= 15 is 0 Å². The lowest BCUT2D eigenvalue weighted by molar-refractivity contribution is 0.168. The van der Waals surface area contributed by atoms with Gasteiger partial charge in [0.2, 0.25) is 0 Å². The van der Waals surface area contributed by atoms with E-state index < -0.39 is 0 Å². The highest BCUT2D eigenvalue weighted by atomic mass is 16.4. The summed E-state index contributed by atoms with van der Waals surface area (Å²) in [6.45, 7) is 4.32. The van der Waals surface area contributed by atoms with E-state index in [1.165, 1.54) is 6.42 Å². The minimum absolute atomic E-state index is 0.0311. The Morgan fingerprint density at radius 1 is 1.64 bits per heavy atom. The van der Waals surface area contributed by atoms with Gasteiger partial charge in [0.05, 0.1) is 11.8 Å². The van der Waals surface area contributed by atoms with Crippen molar-refractivity contribution in [2.45, 2.75) is 39.5 Å². The van der Waals surface area contributed by atoms with E-state index in [0.29, 0.717) is 12.3 Å². The highest BCUT2D eigenvalue weighted by molar-refractivity contribution is 5.93. The van der Waals surface area contributed by atoms with Crippen molar-refractivity contribution in [2.75, 3.05) is 0 Å². The van der Waals surface area contributed by atoms with E-state index in [4.69, 9.17) is 10.5 Å². The molecule has 2 saturated carbocycles. The molecule has 0 amide bonds. The zero-order valence-electron chi connectivity index (χ0n) is 8.75. The number of hydrogen-bond acceptors (Lipinski definition) is 3. The van der Waals surface area contributed by atoms with Crippen LogP contribution in [0.2, 0.25) is 0 Å². The first-order chi connectivity index (χ1) is 6.58. The van der Waals surface area contributed by atoms with Crippen molar-refractivity contribution in [1.82, 2.24) is 0 Å². The maximum absolute atomic E-state index is 8.96. The molecule has 0 saturated heterocycles. The Labute approximate surface area is 84.4 Å². The van der Waals surface area contributed by atoms with Gasteiger partial charge in [0.15, 0.2) is 0 Å². The third kappa shape index (κ3) is 0.841. The van der Waals surface area contributed by atoms with Crippen LogP contribution in [0.5, 0.6) is 0 Å². The second-order valence-electron chi connectivity index (χ2n) is 5.07. The summed E-state index contributed by atoms with van der Waals surface area (Å²) in [5, 5.41) is 21.3. The summed E-state index contributed by atoms with van der Waals surface area (Å²) in [6, 6.07) is 2.28. The fraction of sp³-hybridized carbons (Fsp3) is 0.818. The summed E-state index contributed by atoms with van der Waals surface area (Å²) in [5.74, 6) is 0.540. The van der Waals surface area contributed by atoms with E-state index in [9.17, 15) is 0 Å². The van der Waals surface area contributed by atoms with Crippen LogP contribution in [-0.2, 0) is 0 Å². The first-order valence-electron chi connectivity index (χ1n) is 5.17. The van der Waals surface area contributed by atoms with Gasteiger partial charge in [-0.1, -0.05) is 19.0 Å². The van der Waals surface area contributed by atoms with Crippen molar-refractivity contribution in [2.24, 2.45) is 21.9 Å². The number of nitriles is 1. The Morgan fingerprint density at radius 2 is 2.36 bits per heavy atom. The van der Waals surface area contributed by atoms with Crippen LogP contribution >= 0.6 is 0 Å². The van der Waals surface area contributed by atoms with Crippen LogP contribution in [0, 0.1) is 28.1 Å². The molecule has 2 rings (SSSR count). The van der Waals surface area contributed by atoms with Crippen LogP contribution in [0.4, 0.5) is 0 Å². The Bertz CT molecular complexity index is 331. The van der Waals surface area contributed by atoms with Crippen LogP contribution < -0.4 is 0 Å². The van der Waals surface area contributed by atoms with E-state index in [0.717, 1.165) is 18.6 Å². The normalized spacial score (nSPS) is 48.4. The van der Waals surface area contributed by atoms with Gasteiger partial charge in [-0.3, -0.25) is 0 Å². The molecule has 0 aliphatic heterocycles. The highest BCUT2D eigenvalue weighted by Gasteiger charge is 2.62. The maximum Gasteiger partial charge on any atom is 0.0638 e. The molecule has 2 fully saturated rings. The summed E-state index contributed by atoms with van der Waals surface area (Å²) in [6.07, 6.45) is 3.70. The molecule has 0 heterocycles. The van der Waals surface area contributed by atoms with Gasteiger partial charge in [-0.25, -0.2) is 0 Å². The summed E-state index contributed by atoms with van der Waals surface area (Å²) >= 11 is 0. The molecule has 0 aromatic rings. The lowest BCUT2D eigenvalue weighted by Gasteiger charge is -2.35. The average Bonchev–Trinajstić information content (AvgIpc) is 2.51. The number of hydrogen-bond donors (Lipinski definition) is 1. The molecule has 3 unspecified atom stereocenters. The zero-order chi connectivity index (χ0) is 10.4. The standard InChI is InChI=1S/C11H16N2O/c1-10(5-6-12)8-3-4-11(10,2)9(7-8)13-14/h8,14H,3-5,7H2,1-2H3/b13-9-. The minimum atomic E-state index is -0.0395. The Hall–Kier alpha value is -1.04. The Balaban J connectivity index is 2.43. The lowest BCUT2D eigenvalue weighted by atomic mass is 9.67. The van der Waals surface area contributed by atoms with Crippen LogP contribution in [0.15, 0.2) is 5.16 Å². The van der Waals surface area contributed by atoms with E-state index in [1.54, 1.807) is 0 Å². The van der Waals surface area contributed by atoms with Crippen LogP contribution in [-0.4, -0.2) is 10.9 Å². The minimum Gasteiger partial charge on any atom is -0.411 e. The monoisotopic (exact) mass is 192 g/mol. The molecule has 3 heteroatoms. The van der Waals surface area contributed by atoms with Gasteiger partial charge in [-0.15, -0.1) is 0 Å². The molecule has 76 valence electrons. The molecular weight excluding hydrogens is 176 g/mol. The molecule has 0 spiro atoms. The zero-order valence-corrected chi connectivity index (χ0v) is 8.75. The van der Waals surface area contributed by atoms with Crippen molar-refractivity contribution in [3.05, 3.63) is 0 Å². The molecule has 2 aliphatic carbocycles. The van der Waals surface area contributed by atoms with E-state index in [2.05, 4.69) is 25.1 Å². The van der Waals surface area contributed by atoms with Crippen molar-refractivity contribution >= 4 is 5.71 Å². The third-order valence-electron chi connectivity index (χ3n) is 4.80. The SMILES string of the molecule is CC12CCC(C/C1=N/O)C2(C)CC#N. The van der Waals surface area contributed by atoms with Crippen LogP contribution in [0.3, 0.4) is 0 Å². The first kappa shape index (κ1) is 9.51. The predicted octanol–water partition coefficient (Wildman–Crippen LogP) is 2.56. The summed E-state index contributed by atoms with van der Waals surface area (Å²) < 4.78 is 0. The molecule has 3 nitrogen and oxygen atoms in total.